The Morgan fingerprint density at radius 2 is 2.00 bits per heavy atom. The van der Waals surface area contributed by atoms with Crippen LogP contribution in [0.4, 0.5) is 0 Å². The average molecular weight is 221 g/mol. The Balaban J connectivity index is 2.67. The van der Waals surface area contributed by atoms with Gasteiger partial charge in [0.25, 0.3) is 0 Å². The van der Waals surface area contributed by atoms with E-state index in [2.05, 4.69) is 4.99 Å². The monoisotopic (exact) mass is 221 g/mol. The Morgan fingerprint density at radius 3 is 2.50 bits per heavy atom. The molecule has 1 atom stereocenters. The topological polar surface area (TPSA) is 50.9 Å². The quantitative estimate of drug-likeness (QED) is 0.615. The van der Waals surface area contributed by atoms with E-state index in [4.69, 9.17) is 10.5 Å². The van der Waals surface area contributed by atoms with E-state index in [1.807, 2.05) is 44.4 Å². The molecule has 0 aromatic heterocycles. The maximum Gasteiger partial charge on any atom is 0.190 e. The molecule has 0 aliphatic heterocycles. The van der Waals surface area contributed by atoms with Crippen LogP contribution in [0.15, 0.2) is 35.3 Å². The third-order valence-electron chi connectivity index (χ3n) is 2.33. The molecule has 0 heterocycles. The Hall–Kier alpha value is -1.55. The van der Waals surface area contributed by atoms with E-state index < -0.39 is 0 Å². The van der Waals surface area contributed by atoms with Crippen LogP contribution < -0.4 is 5.73 Å². The lowest BCUT2D eigenvalue weighted by Crippen LogP contribution is -2.31. The van der Waals surface area contributed by atoms with Crippen LogP contribution in [-0.4, -0.2) is 38.6 Å². The molecule has 0 amide bonds. The number of nitrogens with two attached hydrogens (primary N) is 1. The van der Waals surface area contributed by atoms with Crippen LogP contribution >= 0.6 is 0 Å². The van der Waals surface area contributed by atoms with Gasteiger partial charge in [-0.25, -0.2) is 0 Å². The highest BCUT2D eigenvalue weighted by atomic mass is 16.5. The van der Waals surface area contributed by atoms with Gasteiger partial charge in [0.05, 0.1) is 6.54 Å². The summed E-state index contributed by atoms with van der Waals surface area (Å²) >= 11 is 0. The van der Waals surface area contributed by atoms with Crippen molar-refractivity contribution in [3.05, 3.63) is 35.9 Å². The Kier molecular flexibility index (Phi) is 4.79. The van der Waals surface area contributed by atoms with Crippen LogP contribution in [-0.2, 0) is 4.74 Å². The molecule has 1 aromatic rings. The first-order valence-corrected chi connectivity index (χ1v) is 5.20. The fraction of sp³-hybridized carbons (Fsp3) is 0.417. The Bertz CT molecular complexity index is 335. The highest BCUT2D eigenvalue weighted by Gasteiger charge is 2.09. The van der Waals surface area contributed by atoms with Crippen LogP contribution in [0.1, 0.15) is 11.7 Å². The zero-order chi connectivity index (χ0) is 12.0. The summed E-state index contributed by atoms with van der Waals surface area (Å²) in [5.74, 6) is 0.512. The van der Waals surface area contributed by atoms with Crippen LogP contribution in [0.25, 0.3) is 0 Å². The smallest absolute Gasteiger partial charge is 0.190 e. The predicted octanol–water partition coefficient (Wildman–Crippen LogP) is 1.25. The molecule has 0 aliphatic rings. The van der Waals surface area contributed by atoms with Crippen molar-refractivity contribution in [2.45, 2.75) is 6.10 Å². The number of hydrogen-bond acceptors (Lipinski definition) is 2. The second-order valence-corrected chi connectivity index (χ2v) is 3.73. The Morgan fingerprint density at radius 1 is 1.38 bits per heavy atom. The fourth-order valence-corrected chi connectivity index (χ4v) is 1.30. The van der Waals surface area contributed by atoms with Gasteiger partial charge < -0.3 is 15.4 Å². The van der Waals surface area contributed by atoms with E-state index in [1.165, 1.54) is 0 Å². The summed E-state index contributed by atoms with van der Waals surface area (Å²) in [4.78, 5) is 6.04. The standard InChI is InChI=1S/C12H19N3O/c1-15(2)12(13)14-9-11(16-3)10-7-5-4-6-8-10/h4-8,11H,9H2,1-3H3,(H2,13,14)/t11-/m1/s1. The average Bonchev–Trinajstić information content (AvgIpc) is 2.30. The molecule has 0 unspecified atom stereocenters. The molecule has 0 radical (unpaired) electrons. The summed E-state index contributed by atoms with van der Waals surface area (Å²) in [6, 6.07) is 10.00. The molecule has 1 rings (SSSR count). The second-order valence-electron chi connectivity index (χ2n) is 3.73. The van der Waals surface area contributed by atoms with E-state index in [0.29, 0.717) is 12.5 Å². The first-order chi connectivity index (χ1) is 7.65. The third kappa shape index (κ3) is 3.55. The van der Waals surface area contributed by atoms with Gasteiger partial charge in [-0.05, 0) is 5.56 Å². The number of ether oxygens (including phenoxy) is 1. The van der Waals surface area contributed by atoms with Gasteiger partial charge in [0.15, 0.2) is 5.96 Å². The van der Waals surface area contributed by atoms with Crippen molar-refractivity contribution in [2.75, 3.05) is 27.7 Å². The molecule has 1 aromatic carbocycles. The van der Waals surface area contributed by atoms with Gasteiger partial charge in [0.2, 0.25) is 0 Å². The van der Waals surface area contributed by atoms with Crippen molar-refractivity contribution >= 4 is 5.96 Å². The zero-order valence-corrected chi connectivity index (χ0v) is 10.1. The highest BCUT2D eigenvalue weighted by Crippen LogP contribution is 2.16. The minimum atomic E-state index is -0.0419. The number of guanidine groups is 1. The molecule has 0 bridgehead atoms. The third-order valence-corrected chi connectivity index (χ3v) is 2.33. The number of benzene rings is 1. The predicted molar refractivity (Wildman–Crippen MR) is 66.4 cm³/mol. The minimum absolute atomic E-state index is 0.0419. The van der Waals surface area contributed by atoms with E-state index in [1.54, 1.807) is 12.0 Å². The van der Waals surface area contributed by atoms with Gasteiger partial charge in [-0.1, -0.05) is 30.3 Å². The molecule has 16 heavy (non-hydrogen) atoms. The van der Waals surface area contributed by atoms with Crippen LogP contribution in [0.3, 0.4) is 0 Å². The number of nitrogens with zero attached hydrogens (tertiary/aromatic N) is 2. The summed E-state index contributed by atoms with van der Waals surface area (Å²) in [5.41, 5.74) is 6.83. The number of aliphatic imine (C=N–C) groups is 1. The van der Waals surface area contributed by atoms with Crippen molar-refractivity contribution in [1.29, 1.82) is 0 Å². The maximum absolute atomic E-state index is 5.72. The maximum atomic E-state index is 5.72. The van der Waals surface area contributed by atoms with Crippen molar-refractivity contribution in [3.63, 3.8) is 0 Å². The molecular formula is C12H19N3O. The number of rotatable bonds is 4. The molecule has 0 spiro atoms. The van der Waals surface area contributed by atoms with E-state index in [9.17, 15) is 0 Å². The lowest BCUT2D eigenvalue weighted by molar-refractivity contribution is 0.111. The van der Waals surface area contributed by atoms with Gasteiger partial charge >= 0.3 is 0 Å². The van der Waals surface area contributed by atoms with Crippen LogP contribution in [0.2, 0.25) is 0 Å². The van der Waals surface area contributed by atoms with E-state index in [-0.39, 0.29) is 6.10 Å². The summed E-state index contributed by atoms with van der Waals surface area (Å²) in [6.45, 7) is 0.532. The van der Waals surface area contributed by atoms with Crippen LogP contribution in [0.5, 0.6) is 0 Å². The van der Waals surface area contributed by atoms with Crippen LogP contribution in [0, 0.1) is 0 Å². The number of methoxy groups -OCH3 is 1. The van der Waals surface area contributed by atoms with Crippen molar-refractivity contribution in [2.24, 2.45) is 10.7 Å². The van der Waals surface area contributed by atoms with Gasteiger partial charge in [-0.3, -0.25) is 4.99 Å². The van der Waals surface area contributed by atoms with E-state index >= 15 is 0 Å². The molecule has 4 nitrogen and oxygen atoms in total. The van der Waals surface area contributed by atoms with Crippen molar-refractivity contribution in [3.8, 4) is 0 Å². The normalized spacial score (nSPS) is 13.6. The second kappa shape index (κ2) is 6.12. The molecular weight excluding hydrogens is 202 g/mol. The molecule has 0 saturated carbocycles. The highest BCUT2D eigenvalue weighted by molar-refractivity contribution is 5.77. The SMILES string of the molecule is CO[C@H](CN=C(N)N(C)C)c1ccccc1. The number of hydrogen-bond donors (Lipinski definition) is 1. The summed E-state index contributed by atoms with van der Waals surface area (Å²) in [6.07, 6.45) is -0.0419. The molecule has 0 saturated heterocycles. The Labute approximate surface area is 96.7 Å². The van der Waals surface area contributed by atoms with Gasteiger partial charge in [0.1, 0.15) is 6.10 Å². The lowest BCUT2D eigenvalue weighted by atomic mass is 10.1. The van der Waals surface area contributed by atoms with Gasteiger partial charge in [-0.15, -0.1) is 0 Å². The summed E-state index contributed by atoms with van der Waals surface area (Å²) in [5, 5.41) is 0. The van der Waals surface area contributed by atoms with Gasteiger partial charge in [0, 0.05) is 21.2 Å². The van der Waals surface area contributed by atoms with Crippen molar-refractivity contribution < 1.29 is 4.74 Å². The molecule has 0 fully saturated rings. The summed E-state index contributed by atoms with van der Waals surface area (Å²) < 4.78 is 5.39. The molecule has 2 N–H and O–H groups in total. The molecule has 88 valence electrons. The first kappa shape index (κ1) is 12.5. The van der Waals surface area contributed by atoms with Gasteiger partial charge in [-0.2, -0.15) is 0 Å². The first-order valence-electron chi connectivity index (χ1n) is 5.20. The van der Waals surface area contributed by atoms with E-state index in [0.717, 1.165) is 5.56 Å². The largest absolute Gasteiger partial charge is 0.375 e. The molecule has 0 aliphatic carbocycles. The lowest BCUT2D eigenvalue weighted by Gasteiger charge is -2.15. The summed E-state index contributed by atoms with van der Waals surface area (Å²) in [7, 11) is 5.41. The fourth-order valence-electron chi connectivity index (χ4n) is 1.30. The molecule has 4 heteroatoms. The zero-order valence-electron chi connectivity index (χ0n) is 10.1. The van der Waals surface area contributed by atoms with Crippen molar-refractivity contribution in [1.82, 2.24) is 4.90 Å². The minimum Gasteiger partial charge on any atom is -0.375 e.